The number of rotatable bonds is 4. The fourth-order valence-corrected chi connectivity index (χ4v) is 3.54. The smallest absolute Gasteiger partial charge is 0.291 e. The van der Waals surface area contributed by atoms with E-state index in [-0.39, 0.29) is 5.56 Å². The second-order valence-corrected chi connectivity index (χ2v) is 6.70. The first kappa shape index (κ1) is 14.3. The zero-order valence-electron chi connectivity index (χ0n) is 12.5. The molecule has 3 aromatic heterocycles. The number of aromatic nitrogens is 3. The van der Waals surface area contributed by atoms with Crippen LogP contribution in [0.3, 0.4) is 0 Å². The molecule has 6 heteroatoms. The number of hydrogen-bond donors (Lipinski definition) is 1. The summed E-state index contributed by atoms with van der Waals surface area (Å²) in [5.74, 6) is 0.878. The Labute approximate surface area is 126 Å². The number of nitrogens with zero attached hydrogens (tertiary/aromatic N) is 3. The van der Waals surface area contributed by atoms with Crippen molar-refractivity contribution in [3.05, 3.63) is 33.2 Å². The molecule has 112 valence electrons. The summed E-state index contributed by atoms with van der Waals surface area (Å²) in [5.41, 5.74) is 1.65. The van der Waals surface area contributed by atoms with Crippen LogP contribution in [0, 0.1) is 6.92 Å². The molecule has 0 aliphatic rings. The minimum absolute atomic E-state index is 0.0890. The lowest BCUT2D eigenvalue weighted by Gasteiger charge is -2.10. The Balaban J connectivity index is 2.25. The number of fused-ring (bicyclic) bond motifs is 3. The summed E-state index contributed by atoms with van der Waals surface area (Å²) in [7, 11) is 0. The molecular weight excluding hydrogens is 286 g/mol. The first-order valence-electron chi connectivity index (χ1n) is 7.21. The van der Waals surface area contributed by atoms with E-state index < -0.39 is 6.10 Å². The molecule has 0 aromatic carbocycles. The summed E-state index contributed by atoms with van der Waals surface area (Å²) in [6.07, 6.45) is 0.850. The van der Waals surface area contributed by atoms with E-state index in [0.717, 1.165) is 22.5 Å². The Kier molecular flexibility index (Phi) is 3.59. The second-order valence-electron chi connectivity index (χ2n) is 5.41. The van der Waals surface area contributed by atoms with E-state index >= 15 is 0 Å². The SMILES string of the molecule is CCc1nn(CC[C@H](C)O)c(=O)c2cc3sc(C)cc3n12. The van der Waals surface area contributed by atoms with E-state index in [4.69, 9.17) is 0 Å². The molecule has 5 nitrogen and oxygen atoms in total. The maximum absolute atomic E-state index is 12.6. The maximum Gasteiger partial charge on any atom is 0.291 e. The molecule has 0 fully saturated rings. The van der Waals surface area contributed by atoms with E-state index in [1.54, 1.807) is 18.3 Å². The largest absolute Gasteiger partial charge is 0.393 e. The van der Waals surface area contributed by atoms with Gasteiger partial charge in [-0.1, -0.05) is 6.92 Å². The van der Waals surface area contributed by atoms with Crippen LogP contribution < -0.4 is 5.56 Å². The molecular formula is C15H19N3O2S. The van der Waals surface area contributed by atoms with Gasteiger partial charge in [0.1, 0.15) is 11.3 Å². The summed E-state index contributed by atoms with van der Waals surface area (Å²) in [6, 6.07) is 4.06. The normalized spacial score (nSPS) is 13.3. The highest BCUT2D eigenvalue weighted by molar-refractivity contribution is 7.19. The highest BCUT2D eigenvalue weighted by Gasteiger charge is 2.15. The van der Waals surface area contributed by atoms with Gasteiger partial charge < -0.3 is 5.11 Å². The molecule has 21 heavy (non-hydrogen) atoms. The predicted octanol–water partition coefficient (Wildman–Crippen LogP) is 2.35. The van der Waals surface area contributed by atoms with Crippen LogP contribution in [0.15, 0.2) is 16.9 Å². The monoisotopic (exact) mass is 305 g/mol. The van der Waals surface area contributed by atoms with Crippen LogP contribution in [-0.2, 0) is 13.0 Å². The third kappa shape index (κ3) is 2.38. The van der Waals surface area contributed by atoms with Gasteiger partial charge in [0.25, 0.3) is 5.56 Å². The van der Waals surface area contributed by atoms with Crippen molar-refractivity contribution in [2.24, 2.45) is 0 Å². The van der Waals surface area contributed by atoms with Crippen molar-refractivity contribution >= 4 is 27.1 Å². The van der Waals surface area contributed by atoms with Gasteiger partial charge in [-0.05, 0) is 32.4 Å². The van der Waals surface area contributed by atoms with E-state index in [1.165, 1.54) is 9.56 Å². The van der Waals surface area contributed by atoms with E-state index in [2.05, 4.69) is 18.1 Å². The van der Waals surface area contributed by atoms with Crippen LogP contribution in [-0.4, -0.2) is 25.4 Å². The fraction of sp³-hybridized carbons (Fsp3) is 0.467. The quantitative estimate of drug-likeness (QED) is 0.805. The molecule has 0 amide bonds. The molecule has 1 atom stereocenters. The first-order chi connectivity index (χ1) is 10.0. The summed E-state index contributed by atoms with van der Waals surface area (Å²) in [4.78, 5) is 13.8. The topological polar surface area (TPSA) is 59.5 Å². The van der Waals surface area contributed by atoms with Crippen LogP contribution in [0.25, 0.3) is 15.7 Å². The van der Waals surface area contributed by atoms with Crippen LogP contribution in [0.5, 0.6) is 0 Å². The van der Waals surface area contributed by atoms with Gasteiger partial charge in [0.2, 0.25) is 0 Å². The Morgan fingerprint density at radius 3 is 2.81 bits per heavy atom. The summed E-state index contributed by atoms with van der Waals surface area (Å²) < 4.78 is 4.58. The summed E-state index contributed by atoms with van der Waals surface area (Å²) in [5, 5.41) is 13.9. The van der Waals surface area contributed by atoms with Crippen molar-refractivity contribution in [1.82, 2.24) is 14.2 Å². The van der Waals surface area contributed by atoms with Crippen molar-refractivity contribution < 1.29 is 5.11 Å². The summed E-state index contributed by atoms with van der Waals surface area (Å²) in [6.45, 7) is 6.27. The molecule has 0 aliphatic carbocycles. The molecule has 0 saturated heterocycles. The van der Waals surface area contributed by atoms with E-state index in [0.29, 0.717) is 18.5 Å². The molecule has 3 heterocycles. The lowest BCUT2D eigenvalue weighted by atomic mass is 10.3. The number of hydrogen-bond acceptors (Lipinski definition) is 4. The van der Waals surface area contributed by atoms with Gasteiger partial charge in [-0.2, -0.15) is 5.10 Å². The predicted molar refractivity (Wildman–Crippen MR) is 85.2 cm³/mol. The van der Waals surface area contributed by atoms with E-state index in [1.807, 2.05) is 17.4 Å². The standard InChI is InChI=1S/C15H19N3O2S/c1-4-14-16-17(6-5-9(2)19)15(20)12-8-13-11(18(12)14)7-10(3)21-13/h7-9,19H,4-6H2,1-3H3/t9-/m0/s1. The van der Waals surface area contributed by atoms with Gasteiger partial charge >= 0.3 is 0 Å². The average molecular weight is 305 g/mol. The minimum atomic E-state index is -0.432. The van der Waals surface area contributed by atoms with Crippen LogP contribution in [0.4, 0.5) is 0 Å². The maximum atomic E-state index is 12.6. The third-order valence-corrected chi connectivity index (χ3v) is 4.62. The number of aliphatic hydroxyl groups is 1. The fourth-order valence-electron chi connectivity index (χ4n) is 2.60. The average Bonchev–Trinajstić information content (AvgIpc) is 2.94. The molecule has 0 aliphatic heterocycles. The molecule has 0 unspecified atom stereocenters. The molecule has 3 rings (SSSR count). The highest BCUT2D eigenvalue weighted by Crippen LogP contribution is 2.28. The minimum Gasteiger partial charge on any atom is -0.393 e. The van der Waals surface area contributed by atoms with Gasteiger partial charge in [0.05, 0.1) is 16.3 Å². The molecule has 1 N–H and O–H groups in total. The molecule has 0 bridgehead atoms. The van der Waals surface area contributed by atoms with Gasteiger partial charge in [-0.15, -0.1) is 11.3 Å². The summed E-state index contributed by atoms with van der Waals surface area (Å²) >= 11 is 1.69. The van der Waals surface area contributed by atoms with Gasteiger partial charge in [0, 0.05) is 17.8 Å². The molecule has 0 saturated carbocycles. The number of aryl methyl sites for hydroxylation is 3. The molecule has 0 spiro atoms. The van der Waals surface area contributed by atoms with Crippen LogP contribution in [0.1, 0.15) is 31.0 Å². The Morgan fingerprint density at radius 1 is 1.38 bits per heavy atom. The number of aliphatic hydroxyl groups excluding tert-OH is 1. The van der Waals surface area contributed by atoms with Gasteiger partial charge in [-0.3, -0.25) is 9.20 Å². The van der Waals surface area contributed by atoms with Crippen molar-refractivity contribution in [3.8, 4) is 0 Å². The van der Waals surface area contributed by atoms with Crippen molar-refractivity contribution in [1.29, 1.82) is 0 Å². The lowest BCUT2D eigenvalue weighted by Crippen LogP contribution is -2.28. The van der Waals surface area contributed by atoms with Gasteiger partial charge in [0.15, 0.2) is 0 Å². The highest BCUT2D eigenvalue weighted by atomic mass is 32.1. The third-order valence-electron chi connectivity index (χ3n) is 3.64. The Morgan fingerprint density at radius 2 is 2.14 bits per heavy atom. The zero-order chi connectivity index (χ0) is 15.1. The van der Waals surface area contributed by atoms with E-state index in [9.17, 15) is 9.90 Å². The first-order valence-corrected chi connectivity index (χ1v) is 8.02. The van der Waals surface area contributed by atoms with Crippen LogP contribution >= 0.6 is 11.3 Å². The molecule has 3 aromatic rings. The van der Waals surface area contributed by atoms with Crippen LogP contribution in [0.2, 0.25) is 0 Å². The van der Waals surface area contributed by atoms with Crippen molar-refractivity contribution in [3.63, 3.8) is 0 Å². The Hall–Kier alpha value is -1.66. The van der Waals surface area contributed by atoms with Gasteiger partial charge in [-0.25, -0.2) is 4.68 Å². The second kappa shape index (κ2) is 5.27. The Bertz CT molecular complexity index is 857. The number of thiophene rings is 1. The zero-order valence-corrected chi connectivity index (χ0v) is 13.3. The van der Waals surface area contributed by atoms with Crippen molar-refractivity contribution in [2.75, 3.05) is 0 Å². The molecule has 0 radical (unpaired) electrons. The lowest BCUT2D eigenvalue weighted by molar-refractivity contribution is 0.175. The van der Waals surface area contributed by atoms with Crippen molar-refractivity contribution in [2.45, 2.75) is 46.3 Å².